The summed E-state index contributed by atoms with van der Waals surface area (Å²) < 4.78 is 1.37. The Balaban J connectivity index is 1.50. The van der Waals surface area contributed by atoms with Crippen molar-refractivity contribution in [3.05, 3.63) is 124 Å². The molecule has 5 aromatic rings. The van der Waals surface area contributed by atoms with Gasteiger partial charge in [0.25, 0.3) is 0 Å². The second-order valence-corrected chi connectivity index (χ2v) is 11.9. The Bertz CT molecular complexity index is 1720. The molecule has 1 fully saturated rings. The molecular formula is C37H34S. The summed E-state index contributed by atoms with van der Waals surface area (Å²) in [4.78, 5) is 1.33. The van der Waals surface area contributed by atoms with Crippen LogP contribution in [0.4, 0.5) is 0 Å². The van der Waals surface area contributed by atoms with Crippen LogP contribution in [-0.4, -0.2) is 0 Å². The van der Waals surface area contributed by atoms with Gasteiger partial charge >= 0.3 is 0 Å². The zero-order valence-electron chi connectivity index (χ0n) is 22.8. The van der Waals surface area contributed by atoms with E-state index in [2.05, 4.69) is 125 Å². The Morgan fingerprint density at radius 3 is 2.26 bits per heavy atom. The summed E-state index contributed by atoms with van der Waals surface area (Å²) in [6.45, 7) is 12.9. The predicted molar refractivity (Wildman–Crippen MR) is 169 cm³/mol. The van der Waals surface area contributed by atoms with Crippen molar-refractivity contribution in [2.24, 2.45) is 0 Å². The second-order valence-electron chi connectivity index (χ2n) is 10.8. The first-order valence-electron chi connectivity index (χ1n) is 13.6. The third kappa shape index (κ3) is 4.46. The van der Waals surface area contributed by atoms with E-state index in [0.29, 0.717) is 5.92 Å². The van der Waals surface area contributed by atoms with Gasteiger partial charge in [-0.2, -0.15) is 0 Å². The van der Waals surface area contributed by atoms with Gasteiger partial charge in [-0.05, 0) is 114 Å². The number of fused-ring (bicyclic) bond motifs is 1. The highest BCUT2D eigenvalue weighted by molar-refractivity contribution is 7.20. The number of thiophene rings is 1. The van der Waals surface area contributed by atoms with Crippen molar-refractivity contribution < 1.29 is 0 Å². The molecule has 0 amide bonds. The first kappa shape index (κ1) is 24.6. The van der Waals surface area contributed by atoms with Crippen molar-refractivity contribution in [1.29, 1.82) is 0 Å². The van der Waals surface area contributed by atoms with E-state index in [1.54, 1.807) is 0 Å². The summed E-state index contributed by atoms with van der Waals surface area (Å²) >= 11 is 1.92. The van der Waals surface area contributed by atoms with E-state index in [9.17, 15) is 0 Å². The van der Waals surface area contributed by atoms with Crippen LogP contribution < -0.4 is 0 Å². The van der Waals surface area contributed by atoms with Gasteiger partial charge < -0.3 is 0 Å². The fraction of sp³-hybridized carbons (Fsp3) is 0.189. The lowest BCUT2D eigenvalue weighted by atomic mass is 9.87. The highest BCUT2D eigenvalue weighted by atomic mass is 32.1. The number of rotatable bonds is 6. The van der Waals surface area contributed by atoms with Gasteiger partial charge in [0.2, 0.25) is 0 Å². The maximum absolute atomic E-state index is 4.13. The molecule has 4 aromatic carbocycles. The maximum Gasteiger partial charge on any atom is 0.0430 e. The molecular weight excluding hydrogens is 476 g/mol. The van der Waals surface area contributed by atoms with Gasteiger partial charge in [-0.15, -0.1) is 11.3 Å². The van der Waals surface area contributed by atoms with Gasteiger partial charge in [0, 0.05) is 15.1 Å². The Labute approximate surface area is 231 Å². The molecule has 0 aliphatic heterocycles. The van der Waals surface area contributed by atoms with Gasteiger partial charge in [0.15, 0.2) is 0 Å². The van der Waals surface area contributed by atoms with E-state index in [4.69, 9.17) is 0 Å². The SMILES string of the molecule is C=C(C)c1cccc(/C(C)=C/c2sc3c(-c4cccc(C)c4-c4ccccc4C4CC4)cccc3c2C)c1. The van der Waals surface area contributed by atoms with Crippen molar-refractivity contribution in [1.82, 2.24) is 0 Å². The zero-order chi connectivity index (χ0) is 26.4. The van der Waals surface area contributed by atoms with Gasteiger partial charge in [-0.25, -0.2) is 0 Å². The molecule has 1 aliphatic carbocycles. The standard InChI is InChI=1S/C37H34S/c1-23(2)28-12-9-13-29(22-28)25(4)21-35-26(5)30-16-10-18-34(37(30)38-35)33-17-8-11-24(3)36(33)32-15-7-6-14-31(32)27-19-20-27/h6-18,21-22,27H,1,19-20H2,2-5H3/b25-21+. The first-order chi connectivity index (χ1) is 18.4. The van der Waals surface area contributed by atoms with E-state index >= 15 is 0 Å². The topological polar surface area (TPSA) is 0 Å². The molecule has 0 nitrogen and oxygen atoms in total. The average Bonchev–Trinajstić information content (AvgIpc) is 3.73. The molecule has 0 saturated heterocycles. The number of hydrogen-bond acceptors (Lipinski definition) is 1. The van der Waals surface area contributed by atoms with Crippen molar-refractivity contribution in [2.45, 2.75) is 46.5 Å². The summed E-state index contributed by atoms with van der Waals surface area (Å²) in [7, 11) is 0. The number of allylic oxidation sites excluding steroid dienone is 2. The third-order valence-corrected chi connectivity index (χ3v) is 9.26. The first-order valence-corrected chi connectivity index (χ1v) is 14.4. The Morgan fingerprint density at radius 2 is 1.47 bits per heavy atom. The van der Waals surface area contributed by atoms with E-state index in [0.717, 1.165) is 5.57 Å². The number of benzene rings is 4. The molecule has 1 saturated carbocycles. The Hall–Kier alpha value is -3.68. The fourth-order valence-corrected chi connectivity index (χ4v) is 6.98. The minimum absolute atomic E-state index is 0.710. The summed E-state index contributed by atoms with van der Waals surface area (Å²) in [5.41, 5.74) is 14.5. The largest absolute Gasteiger partial charge is 0.135 e. The van der Waals surface area contributed by atoms with Crippen LogP contribution in [0.15, 0.2) is 91.5 Å². The predicted octanol–water partition coefficient (Wildman–Crippen LogP) is 11.3. The molecule has 1 heteroatoms. The summed E-state index contributed by atoms with van der Waals surface area (Å²) in [5.74, 6) is 0.710. The number of hydrogen-bond donors (Lipinski definition) is 0. The fourth-order valence-electron chi connectivity index (χ4n) is 5.65. The molecule has 1 aliphatic rings. The van der Waals surface area contributed by atoms with Crippen LogP contribution in [0.3, 0.4) is 0 Å². The van der Waals surface area contributed by atoms with Crippen molar-refractivity contribution in [3.8, 4) is 22.3 Å². The van der Waals surface area contributed by atoms with Crippen LogP contribution in [0, 0.1) is 13.8 Å². The van der Waals surface area contributed by atoms with Crippen LogP contribution in [-0.2, 0) is 0 Å². The smallest absolute Gasteiger partial charge is 0.0430 e. The molecule has 0 radical (unpaired) electrons. The van der Waals surface area contributed by atoms with Gasteiger partial charge in [-0.1, -0.05) is 91.0 Å². The van der Waals surface area contributed by atoms with Crippen LogP contribution in [0.25, 0.3) is 49.6 Å². The summed E-state index contributed by atoms with van der Waals surface area (Å²) in [5, 5.41) is 1.35. The third-order valence-electron chi connectivity index (χ3n) is 7.97. The highest BCUT2D eigenvalue weighted by Gasteiger charge is 2.27. The molecule has 38 heavy (non-hydrogen) atoms. The lowest BCUT2D eigenvalue weighted by Gasteiger charge is -2.17. The number of aryl methyl sites for hydroxylation is 2. The monoisotopic (exact) mass is 510 g/mol. The molecule has 1 heterocycles. The minimum Gasteiger partial charge on any atom is -0.135 e. The van der Waals surface area contributed by atoms with E-state index in [1.807, 2.05) is 11.3 Å². The van der Waals surface area contributed by atoms with Crippen LogP contribution >= 0.6 is 11.3 Å². The van der Waals surface area contributed by atoms with Gasteiger partial charge in [0.1, 0.15) is 0 Å². The van der Waals surface area contributed by atoms with Crippen LogP contribution in [0.1, 0.15) is 65.3 Å². The minimum atomic E-state index is 0.710. The van der Waals surface area contributed by atoms with Crippen LogP contribution in [0.2, 0.25) is 0 Å². The van der Waals surface area contributed by atoms with Crippen LogP contribution in [0.5, 0.6) is 0 Å². The molecule has 0 N–H and O–H groups in total. The molecule has 0 spiro atoms. The molecule has 188 valence electrons. The summed E-state index contributed by atoms with van der Waals surface area (Å²) in [6, 6.07) is 31.4. The molecule has 0 bridgehead atoms. The maximum atomic E-state index is 4.13. The quantitative estimate of drug-likeness (QED) is 0.213. The second kappa shape index (κ2) is 9.89. The lowest BCUT2D eigenvalue weighted by Crippen LogP contribution is -1.93. The van der Waals surface area contributed by atoms with Crippen molar-refractivity contribution in [3.63, 3.8) is 0 Å². The zero-order valence-corrected chi connectivity index (χ0v) is 23.6. The van der Waals surface area contributed by atoms with E-state index < -0.39 is 0 Å². The molecule has 1 aromatic heterocycles. The average molecular weight is 511 g/mol. The molecule has 0 unspecified atom stereocenters. The van der Waals surface area contributed by atoms with E-state index in [-0.39, 0.29) is 0 Å². The summed E-state index contributed by atoms with van der Waals surface area (Å²) in [6.07, 6.45) is 4.98. The van der Waals surface area contributed by atoms with Crippen molar-refractivity contribution >= 4 is 38.6 Å². The molecule has 0 atom stereocenters. The van der Waals surface area contributed by atoms with Crippen molar-refractivity contribution in [2.75, 3.05) is 0 Å². The highest BCUT2D eigenvalue weighted by Crippen LogP contribution is 2.48. The normalized spacial score (nSPS) is 13.7. The lowest BCUT2D eigenvalue weighted by molar-refractivity contribution is 1.13. The van der Waals surface area contributed by atoms with Gasteiger partial charge in [0.05, 0.1) is 0 Å². The Kier molecular flexibility index (Phi) is 6.41. The van der Waals surface area contributed by atoms with Gasteiger partial charge in [-0.3, -0.25) is 0 Å². The molecule has 6 rings (SSSR count). The van der Waals surface area contributed by atoms with E-state index in [1.165, 1.54) is 83.4 Å². The Morgan fingerprint density at radius 1 is 0.789 bits per heavy atom.